The number of nitrogens with zero attached hydrogens (tertiary/aromatic N) is 3. The third-order valence-electron chi connectivity index (χ3n) is 2.96. The molecule has 0 saturated carbocycles. The second-order valence-electron chi connectivity index (χ2n) is 4.16. The maximum Gasteiger partial charge on any atom is 0.0755 e. The number of nitrogens with one attached hydrogen (secondary N) is 1. The smallest absolute Gasteiger partial charge is 0.0755 e. The minimum absolute atomic E-state index is 0.364. The highest BCUT2D eigenvalue weighted by Crippen LogP contribution is 2.18. The summed E-state index contributed by atoms with van der Waals surface area (Å²) in [6.45, 7) is 7.64. The minimum Gasteiger partial charge on any atom is -0.312 e. The lowest BCUT2D eigenvalue weighted by Gasteiger charge is -2.35. The van der Waals surface area contributed by atoms with Crippen molar-refractivity contribution >= 4 is 0 Å². The molecule has 0 radical (unpaired) electrons. The molecule has 0 spiro atoms. The van der Waals surface area contributed by atoms with E-state index in [1.807, 2.05) is 6.20 Å². The fraction of sp³-hybridized carbons (Fsp3) is 0.636. The zero-order chi connectivity index (χ0) is 10.7. The molecule has 1 aliphatic rings. The molecule has 82 valence electrons. The Hall–Kier alpha value is -1.00. The van der Waals surface area contributed by atoms with Gasteiger partial charge in [0.1, 0.15) is 0 Å². The molecule has 1 aromatic rings. The summed E-state index contributed by atoms with van der Waals surface area (Å²) >= 11 is 0. The average molecular weight is 206 g/mol. The van der Waals surface area contributed by atoms with Gasteiger partial charge in [-0.3, -0.25) is 14.9 Å². The van der Waals surface area contributed by atoms with Crippen LogP contribution in [0.25, 0.3) is 0 Å². The molecule has 0 unspecified atom stereocenters. The van der Waals surface area contributed by atoms with Crippen molar-refractivity contribution in [2.24, 2.45) is 0 Å². The Balaban J connectivity index is 2.04. The summed E-state index contributed by atoms with van der Waals surface area (Å²) in [6, 6.07) is 0.932. The van der Waals surface area contributed by atoms with Gasteiger partial charge in [-0.15, -0.1) is 0 Å². The minimum atomic E-state index is 0.364. The lowest BCUT2D eigenvalue weighted by atomic mass is 10.1. The van der Waals surface area contributed by atoms with Crippen LogP contribution in [-0.2, 0) is 0 Å². The molecular weight excluding hydrogens is 188 g/mol. The Morgan fingerprint density at radius 1 is 1.53 bits per heavy atom. The summed E-state index contributed by atoms with van der Waals surface area (Å²) in [7, 11) is 0. The van der Waals surface area contributed by atoms with Crippen LogP contribution in [0.15, 0.2) is 18.6 Å². The Labute approximate surface area is 90.7 Å². The van der Waals surface area contributed by atoms with Crippen molar-refractivity contribution < 1.29 is 0 Å². The van der Waals surface area contributed by atoms with Gasteiger partial charge in [0.2, 0.25) is 0 Å². The van der Waals surface area contributed by atoms with Gasteiger partial charge >= 0.3 is 0 Å². The monoisotopic (exact) mass is 206 g/mol. The fourth-order valence-corrected chi connectivity index (χ4v) is 2.03. The average Bonchev–Trinajstić information content (AvgIpc) is 2.29. The van der Waals surface area contributed by atoms with E-state index in [1.165, 1.54) is 0 Å². The number of aromatic nitrogens is 2. The molecule has 0 bridgehead atoms. The predicted octanol–water partition coefficient (Wildman–Crippen LogP) is 0.831. The molecule has 4 nitrogen and oxygen atoms in total. The Morgan fingerprint density at radius 2 is 2.40 bits per heavy atom. The molecule has 2 rings (SSSR count). The normalized spacial score (nSPS) is 25.1. The van der Waals surface area contributed by atoms with E-state index in [2.05, 4.69) is 34.0 Å². The van der Waals surface area contributed by atoms with Crippen molar-refractivity contribution in [3.63, 3.8) is 0 Å². The third-order valence-corrected chi connectivity index (χ3v) is 2.96. The van der Waals surface area contributed by atoms with Crippen LogP contribution >= 0.6 is 0 Å². The van der Waals surface area contributed by atoms with E-state index in [-0.39, 0.29) is 0 Å². The number of hydrogen-bond donors (Lipinski definition) is 1. The molecule has 0 aliphatic carbocycles. The Morgan fingerprint density at radius 3 is 3.07 bits per heavy atom. The van der Waals surface area contributed by atoms with Crippen molar-refractivity contribution in [3.8, 4) is 0 Å². The maximum atomic E-state index is 4.35. The first-order valence-electron chi connectivity index (χ1n) is 5.50. The van der Waals surface area contributed by atoms with E-state index >= 15 is 0 Å². The van der Waals surface area contributed by atoms with Gasteiger partial charge in [-0.25, -0.2) is 0 Å². The van der Waals surface area contributed by atoms with Crippen LogP contribution in [-0.4, -0.2) is 40.5 Å². The zero-order valence-corrected chi connectivity index (χ0v) is 9.35. The van der Waals surface area contributed by atoms with Gasteiger partial charge in [0, 0.05) is 44.3 Å². The van der Waals surface area contributed by atoms with Crippen LogP contribution in [0.4, 0.5) is 0 Å². The largest absolute Gasteiger partial charge is 0.312 e. The van der Waals surface area contributed by atoms with Crippen LogP contribution < -0.4 is 5.32 Å². The first-order chi connectivity index (χ1) is 7.27. The van der Waals surface area contributed by atoms with Crippen LogP contribution in [0.2, 0.25) is 0 Å². The van der Waals surface area contributed by atoms with Gasteiger partial charge in [0.25, 0.3) is 0 Å². The molecule has 2 atom stereocenters. The summed E-state index contributed by atoms with van der Waals surface area (Å²) in [6.07, 6.45) is 5.34. The first-order valence-corrected chi connectivity index (χ1v) is 5.50. The van der Waals surface area contributed by atoms with Crippen molar-refractivity contribution in [1.29, 1.82) is 0 Å². The molecule has 1 aromatic heterocycles. The van der Waals surface area contributed by atoms with E-state index in [0.717, 1.165) is 25.3 Å². The van der Waals surface area contributed by atoms with E-state index in [1.54, 1.807) is 12.4 Å². The van der Waals surface area contributed by atoms with Gasteiger partial charge in [-0.2, -0.15) is 0 Å². The molecule has 0 amide bonds. The number of hydrogen-bond acceptors (Lipinski definition) is 4. The lowest BCUT2D eigenvalue weighted by molar-refractivity contribution is 0.156. The second kappa shape index (κ2) is 4.68. The fourth-order valence-electron chi connectivity index (χ4n) is 2.03. The molecule has 2 heterocycles. The van der Waals surface area contributed by atoms with Crippen molar-refractivity contribution in [1.82, 2.24) is 20.2 Å². The predicted molar refractivity (Wildman–Crippen MR) is 59.5 cm³/mol. The molecule has 15 heavy (non-hydrogen) atoms. The first kappa shape index (κ1) is 10.5. The molecule has 1 saturated heterocycles. The van der Waals surface area contributed by atoms with E-state index in [0.29, 0.717) is 12.1 Å². The second-order valence-corrected chi connectivity index (χ2v) is 4.16. The highest BCUT2D eigenvalue weighted by atomic mass is 15.2. The summed E-state index contributed by atoms with van der Waals surface area (Å²) < 4.78 is 0. The van der Waals surface area contributed by atoms with Crippen LogP contribution in [0, 0.1) is 0 Å². The molecule has 1 N–H and O–H groups in total. The van der Waals surface area contributed by atoms with Crippen molar-refractivity contribution in [2.45, 2.75) is 25.9 Å². The summed E-state index contributed by atoms with van der Waals surface area (Å²) in [4.78, 5) is 10.9. The summed E-state index contributed by atoms with van der Waals surface area (Å²) in [5.74, 6) is 0. The Bertz CT molecular complexity index is 301. The lowest BCUT2D eigenvalue weighted by Crippen LogP contribution is -2.49. The van der Waals surface area contributed by atoms with Crippen LogP contribution in [0.3, 0.4) is 0 Å². The van der Waals surface area contributed by atoms with E-state index in [9.17, 15) is 0 Å². The zero-order valence-electron chi connectivity index (χ0n) is 9.35. The Kier molecular flexibility index (Phi) is 3.28. The third kappa shape index (κ3) is 2.52. The van der Waals surface area contributed by atoms with Gasteiger partial charge in [0.05, 0.1) is 11.7 Å². The van der Waals surface area contributed by atoms with E-state index < -0.39 is 0 Å². The highest BCUT2D eigenvalue weighted by Gasteiger charge is 2.22. The topological polar surface area (TPSA) is 41.1 Å². The van der Waals surface area contributed by atoms with Crippen molar-refractivity contribution in [2.75, 3.05) is 19.6 Å². The highest BCUT2D eigenvalue weighted by molar-refractivity contribution is 5.02. The quantitative estimate of drug-likeness (QED) is 0.778. The number of rotatable bonds is 2. The standard InChI is InChI=1S/C11H18N4/c1-9-8-15(6-5-13-9)10(2)11-7-12-3-4-14-11/h3-4,7,9-10,13H,5-6,8H2,1-2H3/t9-,10+/m1/s1. The molecule has 0 aromatic carbocycles. The van der Waals surface area contributed by atoms with Crippen LogP contribution in [0.5, 0.6) is 0 Å². The SMILES string of the molecule is C[C@@H]1CN([C@@H](C)c2cnccn2)CCN1. The molecular formula is C11H18N4. The van der Waals surface area contributed by atoms with Gasteiger partial charge in [0.15, 0.2) is 0 Å². The van der Waals surface area contributed by atoms with Gasteiger partial charge < -0.3 is 5.32 Å². The van der Waals surface area contributed by atoms with Crippen LogP contribution in [0.1, 0.15) is 25.6 Å². The molecule has 1 fully saturated rings. The van der Waals surface area contributed by atoms with E-state index in [4.69, 9.17) is 0 Å². The maximum absolute atomic E-state index is 4.35. The summed E-state index contributed by atoms with van der Waals surface area (Å²) in [5, 5.41) is 3.44. The van der Waals surface area contributed by atoms with Gasteiger partial charge in [-0.1, -0.05) is 0 Å². The summed E-state index contributed by atoms with van der Waals surface area (Å²) in [5.41, 5.74) is 1.06. The molecule has 4 heteroatoms. The molecule has 1 aliphatic heterocycles. The van der Waals surface area contributed by atoms with Gasteiger partial charge in [-0.05, 0) is 13.8 Å². The number of piperazine rings is 1. The van der Waals surface area contributed by atoms with Crippen molar-refractivity contribution in [3.05, 3.63) is 24.3 Å².